The molecule has 2 aromatic heterocycles. The molecular weight excluding hydrogens is 284 g/mol. The van der Waals surface area contributed by atoms with Crippen molar-refractivity contribution in [1.82, 2.24) is 14.8 Å². The molecule has 106 valence electrons. The maximum Gasteiger partial charge on any atom is 0.275 e. The Labute approximate surface area is 126 Å². The Morgan fingerprint density at radius 2 is 2.14 bits per heavy atom. The highest BCUT2D eigenvalue weighted by molar-refractivity contribution is 7.09. The minimum absolute atomic E-state index is 0.210. The van der Waals surface area contributed by atoms with Gasteiger partial charge in [0.25, 0.3) is 5.91 Å². The van der Waals surface area contributed by atoms with Crippen molar-refractivity contribution in [2.75, 3.05) is 5.32 Å². The quantitative estimate of drug-likeness (QED) is 0.805. The zero-order valence-electron chi connectivity index (χ0n) is 11.5. The zero-order chi connectivity index (χ0) is 14.7. The van der Waals surface area contributed by atoms with Crippen molar-refractivity contribution in [3.63, 3.8) is 0 Å². The van der Waals surface area contributed by atoms with Crippen LogP contribution in [0.3, 0.4) is 0 Å². The van der Waals surface area contributed by atoms with Crippen LogP contribution in [-0.2, 0) is 13.5 Å². The van der Waals surface area contributed by atoms with Gasteiger partial charge >= 0.3 is 0 Å². The molecule has 0 aliphatic carbocycles. The maximum absolute atomic E-state index is 12.1. The summed E-state index contributed by atoms with van der Waals surface area (Å²) in [5.41, 5.74) is 2.29. The number of hydrogen-bond acceptors (Lipinski definition) is 4. The van der Waals surface area contributed by atoms with Gasteiger partial charge in [-0.1, -0.05) is 30.3 Å². The lowest BCUT2D eigenvalue weighted by Gasteiger charge is -1.98. The normalized spacial score (nSPS) is 10.5. The molecule has 0 spiro atoms. The number of aromatic nitrogens is 3. The number of amides is 1. The first-order chi connectivity index (χ1) is 10.2. The van der Waals surface area contributed by atoms with E-state index in [1.54, 1.807) is 29.5 Å². The highest BCUT2D eigenvalue weighted by Gasteiger charge is 2.12. The van der Waals surface area contributed by atoms with Crippen molar-refractivity contribution < 1.29 is 4.79 Å². The Balaban J connectivity index is 1.68. The summed E-state index contributed by atoms with van der Waals surface area (Å²) in [4.78, 5) is 16.5. The molecule has 0 bridgehead atoms. The minimum Gasteiger partial charge on any atom is -0.318 e. The molecule has 0 atom stereocenters. The lowest BCUT2D eigenvalue weighted by atomic mass is 10.2. The third-order valence-electron chi connectivity index (χ3n) is 2.95. The predicted molar refractivity (Wildman–Crippen MR) is 82.5 cm³/mol. The van der Waals surface area contributed by atoms with Gasteiger partial charge in [-0.3, -0.25) is 9.48 Å². The van der Waals surface area contributed by atoms with Gasteiger partial charge in [-0.15, -0.1) is 11.3 Å². The number of thiazole rings is 1. The standard InChI is InChI=1S/C15H14N4OS/c1-19-9-12(8-16-19)17-15(20)13-10-21-14(18-13)7-11-5-3-2-4-6-11/h2-6,8-10H,7H2,1H3,(H,17,20). The summed E-state index contributed by atoms with van der Waals surface area (Å²) in [5.74, 6) is -0.210. The summed E-state index contributed by atoms with van der Waals surface area (Å²) >= 11 is 1.50. The van der Waals surface area contributed by atoms with Crippen molar-refractivity contribution in [3.8, 4) is 0 Å². The van der Waals surface area contributed by atoms with Crippen LogP contribution >= 0.6 is 11.3 Å². The maximum atomic E-state index is 12.1. The Bertz CT molecular complexity index is 748. The second-order valence-electron chi connectivity index (χ2n) is 4.65. The van der Waals surface area contributed by atoms with Crippen LogP contribution < -0.4 is 5.32 Å². The van der Waals surface area contributed by atoms with Crippen LogP contribution in [0.1, 0.15) is 21.1 Å². The molecule has 2 heterocycles. The number of hydrogen-bond donors (Lipinski definition) is 1. The third kappa shape index (κ3) is 3.35. The van der Waals surface area contributed by atoms with E-state index in [2.05, 4.69) is 27.5 Å². The molecule has 0 saturated heterocycles. The van der Waals surface area contributed by atoms with Crippen molar-refractivity contribution in [1.29, 1.82) is 0 Å². The lowest BCUT2D eigenvalue weighted by molar-refractivity contribution is 0.102. The summed E-state index contributed by atoms with van der Waals surface area (Å²) in [6, 6.07) is 10.1. The smallest absolute Gasteiger partial charge is 0.275 e. The van der Waals surface area contributed by atoms with Crippen LogP contribution in [0, 0.1) is 0 Å². The fourth-order valence-corrected chi connectivity index (χ4v) is 2.76. The number of nitrogens with one attached hydrogen (secondary N) is 1. The van der Waals surface area contributed by atoms with E-state index in [4.69, 9.17) is 0 Å². The monoisotopic (exact) mass is 298 g/mol. The Morgan fingerprint density at radius 1 is 1.33 bits per heavy atom. The van der Waals surface area contributed by atoms with Crippen molar-refractivity contribution in [2.45, 2.75) is 6.42 Å². The van der Waals surface area contributed by atoms with E-state index in [1.807, 2.05) is 18.2 Å². The van der Waals surface area contributed by atoms with Gasteiger partial charge < -0.3 is 5.32 Å². The van der Waals surface area contributed by atoms with Crippen LogP contribution in [0.5, 0.6) is 0 Å². The summed E-state index contributed by atoms with van der Waals surface area (Å²) in [5, 5.41) is 9.50. The molecule has 3 rings (SSSR count). The molecule has 0 saturated carbocycles. The minimum atomic E-state index is -0.210. The van der Waals surface area contributed by atoms with Gasteiger partial charge in [-0.05, 0) is 5.56 Å². The van der Waals surface area contributed by atoms with E-state index in [0.717, 1.165) is 11.4 Å². The molecule has 0 aliphatic rings. The average molecular weight is 298 g/mol. The SMILES string of the molecule is Cn1cc(NC(=O)c2csc(Cc3ccccc3)n2)cn1. The fourth-order valence-electron chi connectivity index (χ4n) is 1.95. The Kier molecular flexibility index (Phi) is 3.79. The highest BCUT2D eigenvalue weighted by atomic mass is 32.1. The number of benzene rings is 1. The van der Waals surface area contributed by atoms with Crippen molar-refractivity contribution in [2.24, 2.45) is 7.05 Å². The first kappa shape index (κ1) is 13.5. The Morgan fingerprint density at radius 3 is 2.86 bits per heavy atom. The largest absolute Gasteiger partial charge is 0.318 e. The second-order valence-corrected chi connectivity index (χ2v) is 5.59. The second kappa shape index (κ2) is 5.88. The van der Waals surface area contributed by atoms with Crippen LogP contribution in [0.25, 0.3) is 0 Å². The van der Waals surface area contributed by atoms with E-state index < -0.39 is 0 Å². The van der Waals surface area contributed by atoms with Crippen LogP contribution in [0.2, 0.25) is 0 Å². The van der Waals surface area contributed by atoms with Gasteiger partial charge in [0.05, 0.1) is 16.9 Å². The van der Waals surface area contributed by atoms with Gasteiger partial charge in [0, 0.05) is 25.0 Å². The molecule has 0 aliphatic heterocycles. The molecule has 3 aromatic rings. The number of anilines is 1. The molecule has 1 N–H and O–H groups in total. The topological polar surface area (TPSA) is 59.8 Å². The average Bonchev–Trinajstić information content (AvgIpc) is 3.09. The predicted octanol–water partition coefficient (Wildman–Crippen LogP) is 2.72. The van der Waals surface area contributed by atoms with E-state index in [-0.39, 0.29) is 5.91 Å². The molecule has 6 heteroatoms. The Hall–Kier alpha value is -2.47. The summed E-state index contributed by atoms with van der Waals surface area (Å²) in [6.45, 7) is 0. The molecule has 5 nitrogen and oxygen atoms in total. The molecule has 21 heavy (non-hydrogen) atoms. The molecule has 0 radical (unpaired) electrons. The molecule has 0 fully saturated rings. The number of carbonyl (C=O) groups excluding carboxylic acids is 1. The van der Waals surface area contributed by atoms with Gasteiger partial charge in [-0.2, -0.15) is 5.10 Å². The van der Waals surface area contributed by atoms with Crippen molar-refractivity contribution in [3.05, 3.63) is 64.4 Å². The number of aryl methyl sites for hydroxylation is 1. The van der Waals surface area contributed by atoms with Crippen LogP contribution in [0.15, 0.2) is 48.1 Å². The fraction of sp³-hybridized carbons (Fsp3) is 0.133. The van der Waals surface area contributed by atoms with Gasteiger partial charge in [0.1, 0.15) is 5.69 Å². The lowest BCUT2D eigenvalue weighted by Crippen LogP contribution is -2.12. The third-order valence-corrected chi connectivity index (χ3v) is 3.79. The number of rotatable bonds is 4. The first-order valence-electron chi connectivity index (χ1n) is 6.49. The number of carbonyl (C=O) groups is 1. The van der Waals surface area contributed by atoms with Crippen LogP contribution in [0.4, 0.5) is 5.69 Å². The summed E-state index contributed by atoms with van der Waals surface area (Å²) < 4.78 is 1.64. The molecule has 1 aromatic carbocycles. The number of nitrogens with zero attached hydrogens (tertiary/aromatic N) is 3. The molecular formula is C15H14N4OS. The van der Waals surface area contributed by atoms with Crippen molar-refractivity contribution >= 4 is 22.9 Å². The first-order valence-corrected chi connectivity index (χ1v) is 7.37. The highest BCUT2D eigenvalue weighted by Crippen LogP contribution is 2.16. The molecule has 0 unspecified atom stereocenters. The zero-order valence-corrected chi connectivity index (χ0v) is 12.3. The van der Waals surface area contributed by atoms with Gasteiger partial charge in [-0.25, -0.2) is 4.98 Å². The van der Waals surface area contributed by atoms with Gasteiger partial charge in [0.2, 0.25) is 0 Å². The van der Waals surface area contributed by atoms with E-state index in [0.29, 0.717) is 11.4 Å². The van der Waals surface area contributed by atoms with E-state index >= 15 is 0 Å². The van der Waals surface area contributed by atoms with Gasteiger partial charge in [0.15, 0.2) is 0 Å². The van der Waals surface area contributed by atoms with E-state index in [1.165, 1.54) is 16.9 Å². The summed E-state index contributed by atoms with van der Waals surface area (Å²) in [7, 11) is 1.80. The van der Waals surface area contributed by atoms with E-state index in [9.17, 15) is 4.79 Å². The summed E-state index contributed by atoms with van der Waals surface area (Å²) in [6.07, 6.45) is 4.09. The van der Waals surface area contributed by atoms with Crippen LogP contribution in [-0.4, -0.2) is 20.7 Å². The molecule has 1 amide bonds.